The van der Waals surface area contributed by atoms with Crippen LogP contribution >= 0.6 is 11.3 Å². The number of thiazole rings is 1. The van der Waals surface area contributed by atoms with Crippen LogP contribution in [0.1, 0.15) is 36.3 Å². The van der Waals surface area contributed by atoms with Crippen molar-refractivity contribution in [2.75, 3.05) is 17.2 Å². The van der Waals surface area contributed by atoms with Gasteiger partial charge in [-0.3, -0.25) is 5.32 Å². The normalized spacial score (nSPS) is 16.5. The number of rotatable bonds is 3. The van der Waals surface area contributed by atoms with E-state index in [0.717, 1.165) is 36.3 Å². The van der Waals surface area contributed by atoms with Crippen LogP contribution in [0.2, 0.25) is 0 Å². The molecule has 1 aliphatic heterocycles. The molecule has 4 rings (SSSR count). The van der Waals surface area contributed by atoms with Crippen LogP contribution in [0.4, 0.5) is 24.8 Å². The molecule has 0 unspecified atom stereocenters. The molecule has 9 heteroatoms. The molecule has 2 aliphatic rings. The molecule has 1 aliphatic carbocycles. The monoisotopic (exact) mass is 403 g/mol. The van der Waals surface area contributed by atoms with Crippen molar-refractivity contribution in [1.29, 1.82) is 0 Å². The maximum atomic E-state index is 13.0. The van der Waals surface area contributed by atoms with E-state index in [0.29, 0.717) is 30.3 Å². The lowest BCUT2D eigenvalue weighted by atomic mass is 10.2. The third-order valence-corrected chi connectivity index (χ3v) is 6.02. The van der Waals surface area contributed by atoms with Crippen LogP contribution in [-0.2, 0) is 13.0 Å². The Balaban J connectivity index is 1.34. The number of fused-ring (bicyclic) bond motifs is 1. The van der Waals surface area contributed by atoms with Gasteiger partial charge in [0.25, 0.3) is 0 Å². The van der Waals surface area contributed by atoms with E-state index in [4.69, 9.17) is 0 Å². The fourth-order valence-corrected chi connectivity index (χ4v) is 4.57. The summed E-state index contributed by atoms with van der Waals surface area (Å²) in [6, 6.07) is 5.47. The second kappa shape index (κ2) is 8.14. The number of carbonyl (C=O) groups is 2. The van der Waals surface area contributed by atoms with Crippen LogP contribution in [-0.4, -0.2) is 34.5 Å². The molecule has 0 atom stereocenters. The minimum atomic E-state index is -0.345. The molecular formula is C19H22FN5O2S. The zero-order valence-corrected chi connectivity index (χ0v) is 16.2. The van der Waals surface area contributed by atoms with E-state index in [1.165, 1.54) is 35.6 Å². The number of hydrogen-bond acceptors (Lipinski definition) is 4. The van der Waals surface area contributed by atoms with Crippen molar-refractivity contribution < 1.29 is 14.0 Å². The summed E-state index contributed by atoms with van der Waals surface area (Å²) in [5, 5.41) is 9.13. The van der Waals surface area contributed by atoms with Gasteiger partial charge in [0.2, 0.25) is 0 Å². The molecular weight excluding hydrogens is 381 g/mol. The standard InChI is InChI=1S/C19H22FN5O2S/c20-12-5-7-14(8-6-12)22-19(27)25-10-9-15-16(11-25)28-18(23-15)24-17(26)21-13-3-1-2-4-13/h5-8,13H,1-4,9-11H2,(H,22,27)(H2,21,23,24,26). The summed E-state index contributed by atoms with van der Waals surface area (Å²) in [7, 11) is 0. The summed E-state index contributed by atoms with van der Waals surface area (Å²) in [6.45, 7) is 0.976. The number of aromatic nitrogens is 1. The van der Waals surface area contributed by atoms with Crippen LogP contribution in [0.25, 0.3) is 0 Å². The lowest BCUT2D eigenvalue weighted by Crippen LogP contribution is -2.38. The largest absolute Gasteiger partial charge is 0.335 e. The van der Waals surface area contributed by atoms with Gasteiger partial charge in [-0.15, -0.1) is 0 Å². The SMILES string of the molecule is O=C(Nc1nc2c(s1)CN(C(=O)Nc1ccc(F)cc1)CC2)NC1CCCC1. The van der Waals surface area contributed by atoms with Crippen molar-refractivity contribution in [3.63, 3.8) is 0 Å². The predicted octanol–water partition coefficient (Wildman–Crippen LogP) is 3.94. The molecule has 1 saturated carbocycles. The molecule has 1 fully saturated rings. The van der Waals surface area contributed by atoms with Crippen molar-refractivity contribution in [2.45, 2.75) is 44.7 Å². The Kier molecular flexibility index (Phi) is 5.43. The molecule has 0 spiro atoms. The minimum Gasteiger partial charge on any atom is -0.335 e. The number of carbonyl (C=O) groups excluding carboxylic acids is 2. The number of halogens is 1. The topological polar surface area (TPSA) is 86.4 Å². The first kappa shape index (κ1) is 18.7. The van der Waals surface area contributed by atoms with Gasteiger partial charge in [0.1, 0.15) is 5.82 Å². The number of hydrogen-bond donors (Lipinski definition) is 3. The van der Waals surface area contributed by atoms with Gasteiger partial charge in [-0.05, 0) is 37.1 Å². The molecule has 4 amide bonds. The van der Waals surface area contributed by atoms with E-state index in [-0.39, 0.29) is 23.9 Å². The van der Waals surface area contributed by atoms with Gasteiger partial charge in [-0.25, -0.2) is 19.0 Å². The Labute approximate surface area is 166 Å². The number of amides is 4. The molecule has 2 aromatic rings. The lowest BCUT2D eigenvalue weighted by Gasteiger charge is -2.26. The molecule has 0 saturated heterocycles. The molecule has 148 valence electrons. The number of benzene rings is 1. The molecule has 2 heterocycles. The first-order chi connectivity index (χ1) is 13.6. The average molecular weight is 403 g/mol. The number of nitrogens with one attached hydrogen (secondary N) is 3. The summed E-state index contributed by atoms with van der Waals surface area (Å²) in [5.74, 6) is -0.345. The maximum Gasteiger partial charge on any atom is 0.322 e. The first-order valence-corrected chi connectivity index (χ1v) is 10.3. The lowest BCUT2D eigenvalue weighted by molar-refractivity contribution is 0.207. The fraction of sp³-hybridized carbons (Fsp3) is 0.421. The predicted molar refractivity (Wildman–Crippen MR) is 106 cm³/mol. The number of nitrogens with zero attached hydrogens (tertiary/aromatic N) is 2. The van der Waals surface area contributed by atoms with E-state index in [2.05, 4.69) is 20.9 Å². The zero-order valence-electron chi connectivity index (χ0n) is 15.3. The Hall–Kier alpha value is -2.68. The maximum absolute atomic E-state index is 13.0. The van der Waals surface area contributed by atoms with E-state index in [1.54, 1.807) is 4.90 Å². The van der Waals surface area contributed by atoms with Gasteiger partial charge in [-0.2, -0.15) is 0 Å². The van der Waals surface area contributed by atoms with Crippen LogP contribution < -0.4 is 16.0 Å². The molecule has 0 bridgehead atoms. The Morgan fingerprint density at radius 1 is 1.14 bits per heavy atom. The van der Waals surface area contributed by atoms with Gasteiger partial charge < -0.3 is 15.5 Å². The highest BCUT2D eigenvalue weighted by molar-refractivity contribution is 7.15. The second-order valence-electron chi connectivity index (χ2n) is 7.08. The van der Waals surface area contributed by atoms with Crippen LogP contribution in [0.3, 0.4) is 0 Å². The molecule has 1 aromatic heterocycles. The highest BCUT2D eigenvalue weighted by Gasteiger charge is 2.25. The van der Waals surface area contributed by atoms with Crippen molar-refractivity contribution in [3.8, 4) is 0 Å². The summed E-state index contributed by atoms with van der Waals surface area (Å²) in [5.41, 5.74) is 1.47. The first-order valence-electron chi connectivity index (χ1n) is 9.44. The van der Waals surface area contributed by atoms with Crippen molar-refractivity contribution >= 4 is 34.2 Å². The highest BCUT2D eigenvalue weighted by Crippen LogP contribution is 2.29. The zero-order chi connectivity index (χ0) is 19.5. The smallest absolute Gasteiger partial charge is 0.322 e. The van der Waals surface area contributed by atoms with Gasteiger partial charge in [0.05, 0.1) is 12.2 Å². The Bertz CT molecular complexity index is 864. The average Bonchev–Trinajstić information content (AvgIpc) is 3.31. The van der Waals surface area contributed by atoms with Crippen molar-refractivity contribution in [3.05, 3.63) is 40.7 Å². The Morgan fingerprint density at radius 2 is 1.89 bits per heavy atom. The van der Waals surface area contributed by atoms with Crippen LogP contribution in [0.15, 0.2) is 24.3 Å². The van der Waals surface area contributed by atoms with E-state index in [1.807, 2.05) is 0 Å². The second-order valence-corrected chi connectivity index (χ2v) is 8.16. The van der Waals surface area contributed by atoms with Crippen LogP contribution in [0, 0.1) is 5.82 Å². The number of anilines is 2. The van der Waals surface area contributed by atoms with E-state index >= 15 is 0 Å². The van der Waals surface area contributed by atoms with Crippen molar-refractivity contribution in [1.82, 2.24) is 15.2 Å². The summed E-state index contributed by atoms with van der Waals surface area (Å²) >= 11 is 1.40. The van der Waals surface area contributed by atoms with Gasteiger partial charge >= 0.3 is 12.1 Å². The summed E-state index contributed by atoms with van der Waals surface area (Å²) < 4.78 is 13.0. The summed E-state index contributed by atoms with van der Waals surface area (Å²) in [6.07, 6.45) is 5.01. The molecule has 28 heavy (non-hydrogen) atoms. The van der Waals surface area contributed by atoms with Gasteiger partial charge in [0.15, 0.2) is 5.13 Å². The van der Waals surface area contributed by atoms with E-state index in [9.17, 15) is 14.0 Å². The molecule has 3 N–H and O–H groups in total. The molecule has 1 aromatic carbocycles. The third kappa shape index (κ3) is 4.41. The third-order valence-electron chi connectivity index (χ3n) is 5.02. The fourth-order valence-electron chi connectivity index (χ4n) is 3.55. The van der Waals surface area contributed by atoms with E-state index < -0.39 is 0 Å². The van der Waals surface area contributed by atoms with Gasteiger partial charge in [0, 0.05) is 29.6 Å². The van der Waals surface area contributed by atoms with Crippen molar-refractivity contribution in [2.24, 2.45) is 0 Å². The highest BCUT2D eigenvalue weighted by atomic mass is 32.1. The Morgan fingerprint density at radius 3 is 2.64 bits per heavy atom. The summed E-state index contributed by atoms with van der Waals surface area (Å²) in [4.78, 5) is 31.7. The quantitative estimate of drug-likeness (QED) is 0.726. The minimum absolute atomic E-state index is 0.219. The molecule has 0 radical (unpaired) electrons. The number of urea groups is 2. The van der Waals surface area contributed by atoms with Gasteiger partial charge in [-0.1, -0.05) is 24.2 Å². The van der Waals surface area contributed by atoms with Crippen LogP contribution in [0.5, 0.6) is 0 Å². The molecule has 7 nitrogen and oxygen atoms in total.